The second-order valence-electron chi connectivity index (χ2n) is 6.65. The van der Waals surface area contributed by atoms with Crippen molar-refractivity contribution in [3.05, 3.63) is 83.1 Å². The van der Waals surface area contributed by atoms with Crippen molar-refractivity contribution in [2.24, 2.45) is 0 Å². The molecule has 0 unspecified atom stereocenters. The minimum atomic E-state index is -0.430. The zero-order valence-corrected chi connectivity index (χ0v) is 16.5. The lowest BCUT2D eigenvalue weighted by Crippen LogP contribution is -2.19. The molecule has 150 valence electrons. The third-order valence-electron chi connectivity index (χ3n) is 4.58. The molecule has 2 amide bonds. The second kappa shape index (κ2) is 8.60. The fraction of sp³-hybridized carbons (Fsp3) is 0.182. The molecule has 29 heavy (non-hydrogen) atoms. The fourth-order valence-corrected chi connectivity index (χ4v) is 3.01. The molecule has 6 nitrogen and oxygen atoms in total. The van der Waals surface area contributed by atoms with Crippen molar-refractivity contribution in [3.8, 4) is 5.69 Å². The molecule has 1 aromatic heterocycles. The molecule has 0 saturated carbocycles. The van der Waals surface area contributed by atoms with Gasteiger partial charge in [-0.05, 0) is 69.3 Å². The molecule has 0 aliphatic carbocycles. The maximum Gasteiger partial charge on any atom is 0.323 e. The molecule has 0 radical (unpaired) electrons. The Morgan fingerprint density at radius 3 is 2.52 bits per heavy atom. The number of aryl methyl sites for hydroxylation is 1. The predicted octanol–water partition coefficient (Wildman–Crippen LogP) is 5.28. The molecule has 0 aliphatic heterocycles. The van der Waals surface area contributed by atoms with Crippen molar-refractivity contribution in [1.29, 1.82) is 0 Å². The van der Waals surface area contributed by atoms with Gasteiger partial charge in [0.1, 0.15) is 5.82 Å². The molecular weight excluding hydrogens is 371 g/mol. The van der Waals surface area contributed by atoms with Crippen LogP contribution in [0.4, 0.5) is 20.6 Å². The highest BCUT2D eigenvalue weighted by molar-refractivity contribution is 5.99. The minimum Gasteiger partial charge on any atom is -0.512 e. The number of urea groups is 1. The van der Waals surface area contributed by atoms with Gasteiger partial charge in [-0.25, -0.2) is 13.9 Å². The average Bonchev–Trinajstić information content (AvgIpc) is 2.98. The molecule has 3 aromatic rings. The van der Waals surface area contributed by atoms with E-state index in [2.05, 4.69) is 15.7 Å². The van der Waals surface area contributed by atoms with Crippen molar-refractivity contribution in [1.82, 2.24) is 9.78 Å². The van der Waals surface area contributed by atoms with Gasteiger partial charge in [-0.2, -0.15) is 5.10 Å². The Hall–Kier alpha value is -3.61. The first-order chi connectivity index (χ1) is 13.9. The Bertz CT molecular complexity index is 1060. The van der Waals surface area contributed by atoms with Gasteiger partial charge in [-0.1, -0.05) is 6.07 Å². The van der Waals surface area contributed by atoms with Crippen molar-refractivity contribution >= 4 is 17.4 Å². The Kier molecular flexibility index (Phi) is 5.97. The molecule has 0 fully saturated rings. The van der Waals surface area contributed by atoms with Crippen molar-refractivity contribution < 1.29 is 14.3 Å². The lowest BCUT2D eigenvalue weighted by Gasteiger charge is -2.10. The summed E-state index contributed by atoms with van der Waals surface area (Å²) in [7, 11) is 0. The number of amides is 2. The van der Waals surface area contributed by atoms with Crippen LogP contribution >= 0.6 is 0 Å². The highest BCUT2D eigenvalue weighted by atomic mass is 19.1. The van der Waals surface area contributed by atoms with Crippen molar-refractivity contribution in [2.45, 2.75) is 27.2 Å². The number of aromatic nitrogens is 2. The summed E-state index contributed by atoms with van der Waals surface area (Å²) in [5.74, 6) is -0.0701. The Balaban J connectivity index is 1.78. The minimum absolute atomic E-state index is 0.295. The summed E-state index contributed by atoms with van der Waals surface area (Å²) in [5.41, 5.74) is 4.59. The van der Waals surface area contributed by atoms with Gasteiger partial charge >= 0.3 is 6.03 Å². The molecule has 0 saturated heterocycles. The summed E-state index contributed by atoms with van der Waals surface area (Å²) in [6.07, 6.45) is 2.09. The molecule has 3 rings (SSSR count). The van der Waals surface area contributed by atoms with Crippen LogP contribution in [0.25, 0.3) is 5.69 Å². The quantitative estimate of drug-likeness (QED) is 0.515. The van der Waals surface area contributed by atoms with E-state index in [-0.39, 0.29) is 5.82 Å². The largest absolute Gasteiger partial charge is 0.512 e. The Labute approximate surface area is 168 Å². The predicted molar refractivity (Wildman–Crippen MR) is 112 cm³/mol. The highest BCUT2D eigenvalue weighted by Gasteiger charge is 2.14. The second-order valence-corrected chi connectivity index (χ2v) is 6.65. The van der Waals surface area contributed by atoms with Crippen LogP contribution in [0.3, 0.4) is 0 Å². The van der Waals surface area contributed by atoms with Crippen LogP contribution in [0.2, 0.25) is 0 Å². The average molecular weight is 394 g/mol. The summed E-state index contributed by atoms with van der Waals surface area (Å²) in [6, 6.07) is 12.4. The van der Waals surface area contributed by atoms with E-state index >= 15 is 0 Å². The number of carbonyl (C=O) groups is 1. The van der Waals surface area contributed by atoms with Crippen molar-refractivity contribution in [3.63, 3.8) is 0 Å². The van der Waals surface area contributed by atoms with Crippen LogP contribution in [0.1, 0.15) is 23.9 Å². The lowest BCUT2D eigenvalue weighted by atomic mass is 10.1. The van der Waals surface area contributed by atoms with E-state index in [0.717, 1.165) is 22.6 Å². The van der Waals surface area contributed by atoms with Crippen LogP contribution in [-0.4, -0.2) is 20.9 Å². The van der Waals surface area contributed by atoms with E-state index in [4.69, 9.17) is 0 Å². The van der Waals surface area contributed by atoms with Gasteiger partial charge in [0.05, 0.1) is 17.1 Å². The molecule has 7 heteroatoms. The summed E-state index contributed by atoms with van der Waals surface area (Å²) in [6.45, 7) is 5.64. The van der Waals surface area contributed by atoms with Gasteiger partial charge in [0, 0.05) is 29.1 Å². The molecule has 0 bridgehead atoms. The number of halogens is 1. The molecular formula is C22H23FN4O2. The van der Waals surface area contributed by atoms with Crippen LogP contribution in [0, 0.1) is 19.7 Å². The van der Waals surface area contributed by atoms with E-state index in [1.54, 1.807) is 23.7 Å². The molecule has 0 aliphatic rings. The van der Waals surface area contributed by atoms with Gasteiger partial charge in [0.15, 0.2) is 0 Å². The molecule has 1 heterocycles. The van der Waals surface area contributed by atoms with E-state index in [1.165, 1.54) is 24.3 Å². The van der Waals surface area contributed by atoms with Crippen molar-refractivity contribution in [2.75, 3.05) is 10.6 Å². The van der Waals surface area contributed by atoms with Gasteiger partial charge in [0.25, 0.3) is 0 Å². The maximum absolute atomic E-state index is 13.0. The van der Waals surface area contributed by atoms with E-state index < -0.39 is 6.03 Å². The highest BCUT2D eigenvalue weighted by Crippen LogP contribution is 2.22. The normalized spacial score (nSPS) is 11.4. The Morgan fingerprint density at radius 2 is 1.83 bits per heavy atom. The number of rotatable bonds is 5. The molecule has 3 N–H and O–H groups in total. The smallest absolute Gasteiger partial charge is 0.323 e. The number of aliphatic hydroxyl groups is 1. The van der Waals surface area contributed by atoms with E-state index in [0.29, 0.717) is 23.6 Å². The number of nitrogens with one attached hydrogen (secondary N) is 2. The SMILES string of the molecule is C/C=C(/O)Cc1c(C)nn(-c2cccc(NC(=O)Nc3ccc(F)cc3)c2)c1C. The number of hydrogen-bond donors (Lipinski definition) is 3. The van der Waals surface area contributed by atoms with Gasteiger partial charge in [-0.3, -0.25) is 0 Å². The third-order valence-corrected chi connectivity index (χ3v) is 4.58. The monoisotopic (exact) mass is 394 g/mol. The lowest BCUT2D eigenvalue weighted by molar-refractivity contribution is 0.262. The summed E-state index contributed by atoms with van der Waals surface area (Å²) < 4.78 is 14.8. The molecule has 2 aromatic carbocycles. The number of aliphatic hydroxyl groups excluding tert-OH is 1. The molecule has 0 atom stereocenters. The fourth-order valence-electron chi connectivity index (χ4n) is 3.01. The van der Waals surface area contributed by atoms with Crippen LogP contribution in [-0.2, 0) is 6.42 Å². The van der Waals surface area contributed by atoms with Crippen LogP contribution in [0.5, 0.6) is 0 Å². The number of anilines is 2. The van der Waals surface area contributed by atoms with Gasteiger partial charge < -0.3 is 15.7 Å². The zero-order valence-electron chi connectivity index (χ0n) is 16.5. The topological polar surface area (TPSA) is 79.2 Å². The van der Waals surface area contributed by atoms with E-state index in [9.17, 15) is 14.3 Å². The number of hydrogen-bond acceptors (Lipinski definition) is 3. The standard InChI is InChI=1S/C22H23FN4O2/c1-4-20(28)13-21-14(2)26-27(15(21)3)19-7-5-6-18(12-19)25-22(29)24-17-10-8-16(23)9-11-17/h4-12,28H,13H2,1-3H3,(H2,24,25,29)/b20-4+. The maximum atomic E-state index is 13.0. The number of benzene rings is 2. The third kappa shape index (κ3) is 4.82. The zero-order chi connectivity index (χ0) is 21.0. The number of carbonyl (C=O) groups excluding carboxylic acids is 1. The summed E-state index contributed by atoms with van der Waals surface area (Å²) >= 11 is 0. The summed E-state index contributed by atoms with van der Waals surface area (Å²) in [5, 5.41) is 19.9. The first-order valence-corrected chi connectivity index (χ1v) is 9.20. The first-order valence-electron chi connectivity index (χ1n) is 9.20. The number of allylic oxidation sites excluding steroid dienone is 2. The molecule has 0 spiro atoms. The number of nitrogens with zero attached hydrogens (tertiary/aromatic N) is 2. The van der Waals surface area contributed by atoms with Gasteiger partial charge in [0.2, 0.25) is 0 Å². The van der Waals surface area contributed by atoms with E-state index in [1.807, 2.05) is 32.0 Å². The first kappa shape index (κ1) is 20.1. The van der Waals surface area contributed by atoms with Crippen LogP contribution < -0.4 is 10.6 Å². The van der Waals surface area contributed by atoms with Gasteiger partial charge in [-0.15, -0.1) is 0 Å². The van der Waals surface area contributed by atoms with Crippen LogP contribution in [0.15, 0.2) is 60.4 Å². The summed E-state index contributed by atoms with van der Waals surface area (Å²) in [4.78, 5) is 12.2. The Morgan fingerprint density at radius 1 is 1.14 bits per heavy atom.